The summed E-state index contributed by atoms with van der Waals surface area (Å²) in [6.45, 7) is 11.9. The fourth-order valence-electron chi connectivity index (χ4n) is 5.15. The average Bonchev–Trinajstić information content (AvgIpc) is 3.27. The zero-order valence-electron chi connectivity index (χ0n) is 19.9. The van der Waals surface area contributed by atoms with Crippen LogP contribution in [0.5, 0.6) is 0 Å². The standard InChI is InChI=1S/C24H40N6O.HI/c1-4-18(5-2)20-11-14-30(16-20)24(26-6-3)28-15-19-9-7-12-27-23(19)29-13-8-10-21(17-29)22(25)31;/h7,9,12,18,20-21H,4-6,8,10-11,13-17H2,1-3H3,(H2,25,31)(H,26,28);1H. The van der Waals surface area contributed by atoms with Crippen LogP contribution in [-0.2, 0) is 11.3 Å². The van der Waals surface area contributed by atoms with Crippen LogP contribution in [0.25, 0.3) is 0 Å². The summed E-state index contributed by atoms with van der Waals surface area (Å²) in [6, 6.07) is 4.07. The highest BCUT2D eigenvalue weighted by Crippen LogP contribution is 2.29. The van der Waals surface area contributed by atoms with Gasteiger partial charge in [0.15, 0.2) is 5.96 Å². The van der Waals surface area contributed by atoms with Crippen LogP contribution in [0.1, 0.15) is 58.4 Å². The molecule has 3 N–H and O–H groups in total. The van der Waals surface area contributed by atoms with E-state index in [1.807, 2.05) is 12.3 Å². The van der Waals surface area contributed by atoms with E-state index < -0.39 is 0 Å². The first-order valence-corrected chi connectivity index (χ1v) is 12.1. The number of halogens is 1. The van der Waals surface area contributed by atoms with Crippen molar-refractivity contribution in [1.29, 1.82) is 0 Å². The molecule has 2 fully saturated rings. The van der Waals surface area contributed by atoms with E-state index in [9.17, 15) is 4.79 Å². The van der Waals surface area contributed by atoms with Gasteiger partial charge in [-0.3, -0.25) is 4.79 Å². The molecular weight excluding hydrogens is 515 g/mol. The van der Waals surface area contributed by atoms with E-state index >= 15 is 0 Å². The number of aliphatic imine (C=N–C) groups is 1. The number of hydrogen-bond donors (Lipinski definition) is 2. The summed E-state index contributed by atoms with van der Waals surface area (Å²) >= 11 is 0. The number of hydrogen-bond acceptors (Lipinski definition) is 4. The second-order valence-corrected chi connectivity index (χ2v) is 8.92. The Kier molecular flexibility index (Phi) is 11.0. The van der Waals surface area contributed by atoms with Gasteiger partial charge in [0.1, 0.15) is 5.82 Å². The molecule has 2 saturated heterocycles. The Balaban J connectivity index is 0.00000363. The van der Waals surface area contributed by atoms with E-state index in [2.05, 4.69) is 46.9 Å². The number of nitrogens with one attached hydrogen (secondary N) is 1. The molecule has 0 aliphatic carbocycles. The first-order chi connectivity index (χ1) is 15.1. The van der Waals surface area contributed by atoms with E-state index in [1.165, 1.54) is 19.3 Å². The maximum absolute atomic E-state index is 11.7. The van der Waals surface area contributed by atoms with Crippen molar-refractivity contribution in [2.75, 3.05) is 37.6 Å². The van der Waals surface area contributed by atoms with E-state index in [0.717, 1.165) is 68.2 Å². The van der Waals surface area contributed by atoms with Gasteiger partial charge in [-0.1, -0.05) is 32.8 Å². The Morgan fingerprint density at radius 3 is 2.72 bits per heavy atom. The number of amides is 1. The molecule has 0 saturated carbocycles. The molecule has 32 heavy (non-hydrogen) atoms. The summed E-state index contributed by atoms with van der Waals surface area (Å²) in [6.07, 6.45) is 7.40. The molecule has 2 aliphatic rings. The van der Waals surface area contributed by atoms with Crippen LogP contribution in [0.4, 0.5) is 5.82 Å². The molecular formula is C24H41IN6O. The van der Waals surface area contributed by atoms with Gasteiger partial charge in [-0.25, -0.2) is 9.98 Å². The second kappa shape index (κ2) is 13.2. The maximum atomic E-state index is 11.7. The van der Waals surface area contributed by atoms with Crippen LogP contribution < -0.4 is 16.0 Å². The monoisotopic (exact) mass is 556 g/mol. The molecule has 8 heteroatoms. The van der Waals surface area contributed by atoms with Gasteiger partial charge in [0.05, 0.1) is 12.5 Å². The SMILES string of the molecule is CCNC(=NCc1cccnc1N1CCCC(C(N)=O)C1)N1CCC(C(CC)CC)C1.I. The highest BCUT2D eigenvalue weighted by Gasteiger charge is 2.29. The Morgan fingerprint density at radius 1 is 1.25 bits per heavy atom. The number of aromatic nitrogens is 1. The Morgan fingerprint density at radius 2 is 2.03 bits per heavy atom. The molecule has 0 aromatic carbocycles. The van der Waals surface area contributed by atoms with Crippen molar-refractivity contribution < 1.29 is 4.79 Å². The molecule has 2 unspecified atom stereocenters. The van der Waals surface area contributed by atoms with Crippen LogP contribution in [0.2, 0.25) is 0 Å². The lowest BCUT2D eigenvalue weighted by Crippen LogP contribution is -2.42. The smallest absolute Gasteiger partial charge is 0.222 e. The predicted molar refractivity (Wildman–Crippen MR) is 142 cm³/mol. The molecule has 3 rings (SSSR count). The van der Waals surface area contributed by atoms with Gasteiger partial charge in [-0.2, -0.15) is 0 Å². The average molecular weight is 557 g/mol. The van der Waals surface area contributed by atoms with Crippen molar-refractivity contribution in [3.8, 4) is 0 Å². The minimum atomic E-state index is -0.212. The molecule has 1 amide bonds. The van der Waals surface area contributed by atoms with Crippen LogP contribution in [0.15, 0.2) is 23.3 Å². The maximum Gasteiger partial charge on any atom is 0.222 e. The molecule has 0 spiro atoms. The minimum absolute atomic E-state index is 0. The molecule has 180 valence electrons. The molecule has 1 aromatic heterocycles. The van der Waals surface area contributed by atoms with Gasteiger partial charge in [0.2, 0.25) is 5.91 Å². The topological polar surface area (TPSA) is 86.9 Å². The summed E-state index contributed by atoms with van der Waals surface area (Å²) in [5, 5.41) is 3.49. The van der Waals surface area contributed by atoms with Crippen LogP contribution >= 0.6 is 24.0 Å². The van der Waals surface area contributed by atoms with Crippen molar-refractivity contribution in [3.63, 3.8) is 0 Å². The largest absolute Gasteiger partial charge is 0.369 e. The fourth-order valence-corrected chi connectivity index (χ4v) is 5.15. The number of nitrogens with two attached hydrogens (primary N) is 1. The van der Waals surface area contributed by atoms with Crippen LogP contribution in [0.3, 0.4) is 0 Å². The highest BCUT2D eigenvalue weighted by atomic mass is 127. The summed E-state index contributed by atoms with van der Waals surface area (Å²) < 4.78 is 0. The number of guanidine groups is 1. The number of piperidine rings is 1. The quantitative estimate of drug-likeness (QED) is 0.290. The van der Waals surface area contributed by atoms with Gasteiger partial charge in [0.25, 0.3) is 0 Å². The van der Waals surface area contributed by atoms with E-state index in [-0.39, 0.29) is 35.8 Å². The zero-order chi connectivity index (χ0) is 22.2. The summed E-state index contributed by atoms with van der Waals surface area (Å²) in [5.74, 6) is 3.18. The Hall–Kier alpha value is -1.58. The number of carbonyl (C=O) groups is 1. The third-order valence-electron chi connectivity index (χ3n) is 6.96. The lowest BCUT2D eigenvalue weighted by Gasteiger charge is -2.33. The lowest BCUT2D eigenvalue weighted by atomic mass is 9.87. The van der Waals surface area contributed by atoms with Gasteiger partial charge in [0, 0.05) is 44.5 Å². The molecule has 2 atom stereocenters. The molecule has 0 bridgehead atoms. The van der Waals surface area contributed by atoms with Gasteiger partial charge >= 0.3 is 0 Å². The summed E-state index contributed by atoms with van der Waals surface area (Å²) in [4.78, 5) is 26.0. The third kappa shape index (κ3) is 6.71. The van der Waals surface area contributed by atoms with Gasteiger partial charge in [-0.05, 0) is 44.1 Å². The number of nitrogens with zero attached hydrogens (tertiary/aromatic N) is 4. The zero-order valence-corrected chi connectivity index (χ0v) is 22.3. The molecule has 2 aliphatic heterocycles. The van der Waals surface area contributed by atoms with E-state index in [0.29, 0.717) is 13.1 Å². The molecule has 1 aromatic rings. The van der Waals surface area contributed by atoms with Crippen LogP contribution in [-0.4, -0.2) is 54.5 Å². The number of likely N-dealkylation sites (tertiary alicyclic amines) is 1. The van der Waals surface area contributed by atoms with Gasteiger partial charge < -0.3 is 20.9 Å². The Labute approximate surface area is 210 Å². The van der Waals surface area contributed by atoms with Gasteiger partial charge in [-0.15, -0.1) is 24.0 Å². The molecule has 3 heterocycles. The lowest BCUT2D eigenvalue weighted by molar-refractivity contribution is -0.122. The third-order valence-corrected chi connectivity index (χ3v) is 6.96. The number of carbonyl (C=O) groups excluding carboxylic acids is 1. The van der Waals surface area contributed by atoms with E-state index in [4.69, 9.17) is 10.7 Å². The fraction of sp³-hybridized carbons (Fsp3) is 0.708. The number of pyridine rings is 1. The van der Waals surface area contributed by atoms with Crippen molar-refractivity contribution in [1.82, 2.24) is 15.2 Å². The summed E-state index contributed by atoms with van der Waals surface area (Å²) in [7, 11) is 0. The number of primary amides is 1. The Bertz CT molecular complexity index is 754. The molecule has 7 nitrogen and oxygen atoms in total. The first kappa shape index (κ1) is 26.7. The van der Waals surface area contributed by atoms with Crippen LogP contribution in [0, 0.1) is 17.8 Å². The number of rotatable bonds is 8. The first-order valence-electron chi connectivity index (χ1n) is 12.1. The predicted octanol–water partition coefficient (Wildman–Crippen LogP) is 3.62. The summed E-state index contributed by atoms with van der Waals surface area (Å²) in [5.41, 5.74) is 6.67. The minimum Gasteiger partial charge on any atom is -0.369 e. The highest BCUT2D eigenvalue weighted by molar-refractivity contribution is 14.0. The van der Waals surface area contributed by atoms with Crippen molar-refractivity contribution in [2.24, 2.45) is 28.5 Å². The van der Waals surface area contributed by atoms with Crippen molar-refractivity contribution >= 4 is 41.7 Å². The van der Waals surface area contributed by atoms with E-state index in [1.54, 1.807) is 0 Å². The van der Waals surface area contributed by atoms with Crippen molar-refractivity contribution in [2.45, 2.75) is 59.4 Å². The second-order valence-electron chi connectivity index (χ2n) is 8.92. The van der Waals surface area contributed by atoms with Crippen molar-refractivity contribution in [3.05, 3.63) is 23.9 Å². The normalized spacial score (nSPS) is 21.6. The molecule has 0 radical (unpaired) electrons. The number of anilines is 1.